The van der Waals surface area contributed by atoms with E-state index in [0.717, 1.165) is 0 Å². The van der Waals surface area contributed by atoms with Crippen molar-refractivity contribution in [3.63, 3.8) is 0 Å². The SMILES string of the molecule is CCCCCCCCn1cc[n+](C)c1.CS(=O)(=O)[O-]. The van der Waals surface area contributed by atoms with Crippen LogP contribution in [0.5, 0.6) is 0 Å². The molecule has 0 aliphatic heterocycles. The van der Waals surface area contributed by atoms with Gasteiger partial charge in [0.2, 0.25) is 6.33 Å². The van der Waals surface area contributed by atoms with Crippen molar-refractivity contribution in [1.29, 1.82) is 0 Å². The summed E-state index contributed by atoms with van der Waals surface area (Å²) >= 11 is 0. The number of hydrogen-bond donors (Lipinski definition) is 0. The van der Waals surface area contributed by atoms with E-state index >= 15 is 0 Å². The van der Waals surface area contributed by atoms with Crippen molar-refractivity contribution in [2.75, 3.05) is 6.26 Å². The van der Waals surface area contributed by atoms with Crippen LogP contribution in [0.4, 0.5) is 0 Å². The number of aromatic nitrogens is 2. The van der Waals surface area contributed by atoms with E-state index in [9.17, 15) is 0 Å². The van der Waals surface area contributed by atoms with Gasteiger partial charge in [0, 0.05) is 6.26 Å². The molecule has 0 aliphatic carbocycles. The molecule has 0 saturated heterocycles. The molecule has 112 valence electrons. The minimum atomic E-state index is -3.92. The Labute approximate surface area is 117 Å². The van der Waals surface area contributed by atoms with E-state index in [4.69, 9.17) is 13.0 Å². The molecular formula is C13H26N2O3S. The number of rotatable bonds is 7. The highest BCUT2D eigenvalue weighted by molar-refractivity contribution is 7.84. The van der Waals surface area contributed by atoms with Crippen molar-refractivity contribution in [2.24, 2.45) is 7.05 Å². The second-order valence-electron chi connectivity index (χ2n) is 4.79. The summed E-state index contributed by atoms with van der Waals surface area (Å²) in [6.07, 6.45) is 15.2. The van der Waals surface area contributed by atoms with Crippen LogP contribution < -0.4 is 4.57 Å². The Morgan fingerprint density at radius 1 is 1.16 bits per heavy atom. The Bertz CT molecular complexity index is 419. The molecule has 0 fully saturated rings. The minimum absolute atomic E-state index is 0.604. The van der Waals surface area contributed by atoms with Crippen LogP contribution in [0, 0.1) is 0 Å². The monoisotopic (exact) mass is 290 g/mol. The summed E-state index contributed by atoms with van der Waals surface area (Å²) in [4.78, 5) is 0. The lowest BCUT2D eigenvalue weighted by Gasteiger charge is -1.98. The van der Waals surface area contributed by atoms with Crippen LogP contribution in [0.2, 0.25) is 0 Å². The molecule has 19 heavy (non-hydrogen) atoms. The first-order valence-electron chi connectivity index (χ1n) is 6.74. The zero-order chi connectivity index (χ0) is 14.7. The van der Waals surface area contributed by atoms with Crippen LogP contribution in [0.15, 0.2) is 18.7 Å². The van der Waals surface area contributed by atoms with Gasteiger partial charge in [-0.05, 0) is 12.8 Å². The summed E-state index contributed by atoms with van der Waals surface area (Å²) in [5, 5.41) is 0. The minimum Gasteiger partial charge on any atom is -0.748 e. The van der Waals surface area contributed by atoms with E-state index in [1.165, 1.54) is 45.1 Å². The number of hydrogen-bond acceptors (Lipinski definition) is 3. The first kappa shape index (κ1) is 18.1. The Hall–Kier alpha value is -0.880. The van der Waals surface area contributed by atoms with Gasteiger partial charge in [0.15, 0.2) is 0 Å². The lowest BCUT2D eigenvalue weighted by Crippen LogP contribution is -2.23. The summed E-state index contributed by atoms with van der Waals surface area (Å²) in [6.45, 7) is 3.44. The van der Waals surface area contributed by atoms with Crippen molar-refractivity contribution in [2.45, 2.75) is 52.0 Å². The van der Waals surface area contributed by atoms with Gasteiger partial charge in [-0.15, -0.1) is 0 Å². The lowest BCUT2D eigenvalue weighted by molar-refractivity contribution is -0.671. The number of imidazole rings is 1. The van der Waals surface area contributed by atoms with Gasteiger partial charge >= 0.3 is 0 Å². The van der Waals surface area contributed by atoms with Crippen LogP contribution in [0.25, 0.3) is 0 Å². The maximum atomic E-state index is 9.08. The molecule has 6 heteroatoms. The average Bonchev–Trinajstić information content (AvgIpc) is 2.67. The van der Waals surface area contributed by atoms with E-state index in [1.54, 1.807) is 0 Å². The molecular weight excluding hydrogens is 264 g/mol. The maximum Gasteiger partial charge on any atom is 0.243 e. The average molecular weight is 290 g/mol. The summed E-state index contributed by atoms with van der Waals surface area (Å²) in [7, 11) is -1.85. The smallest absolute Gasteiger partial charge is 0.243 e. The van der Waals surface area contributed by atoms with Gasteiger partial charge in [-0.1, -0.05) is 32.6 Å². The predicted molar refractivity (Wildman–Crippen MR) is 74.6 cm³/mol. The molecule has 0 bridgehead atoms. The highest BCUT2D eigenvalue weighted by Crippen LogP contribution is 2.05. The van der Waals surface area contributed by atoms with E-state index in [-0.39, 0.29) is 0 Å². The van der Waals surface area contributed by atoms with Crippen molar-refractivity contribution >= 4 is 10.1 Å². The predicted octanol–water partition coefficient (Wildman–Crippen LogP) is 1.83. The molecule has 0 radical (unpaired) electrons. The second kappa shape index (κ2) is 9.97. The summed E-state index contributed by atoms with van der Waals surface area (Å²) in [5.74, 6) is 0. The fourth-order valence-electron chi connectivity index (χ4n) is 1.71. The largest absolute Gasteiger partial charge is 0.748 e. The van der Waals surface area contributed by atoms with Crippen LogP contribution in [0.1, 0.15) is 45.4 Å². The molecule has 0 aromatic carbocycles. The van der Waals surface area contributed by atoms with Crippen LogP contribution in [-0.4, -0.2) is 23.8 Å². The first-order valence-corrected chi connectivity index (χ1v) is 8.56. The van der Waals surface area contributed by atoms with E-state index in [0.29, 0.717) is 6.26 Å². The maximum absolute atomic E-state index is 9.08. The molecule has 5 nitrogen and oxygen atoms in total. The molecule has 1 aromatic heterocycles. The molecule has 0 aliphatic rings. The van der Waals surface area contributed by atoms with E-state index < -0.39 is 10.1 Å². The van der Waals surface area contributed by atoms with Crippen molar-refractivity contribution in [3.8, 4) is 0 Å². The topological polar surface area (TPSA) is 66.0 Å². The van der Waals surface area contributed by atoms with Crippen LogP contribution in [-0.2, 0) is 23.7 Å². The van der Waals surface area contributed by atoms with Crippen molar-refractivity contribution in [3.05, 3.63) is 18.7 Å². The summed E-state index contributed by atoms with van der Waals surface area (Å²) in [5.41, 5.74) is 0. The van der Waals surface area contributed by atoms with Crippen LogP contribution in [0.3, 0.4) is 0 Å². The highest BCUT2D eigenvalue weighted by atomic mass is 32.2. The molecule has 0 saturated carbocycles. The van der Waals surface area contributed by atoms with Gasteiger partial charge < -0.3 is 4.55 Å². The zero-order valence-electron chi connectivity index (χ0n) is 12.2. The first-order chi connectivity index (χ1) is 8.83. The Kier molecular flexibility index (Phi) is 9.51. The number of nitrogens with zero attached hydrogens (tertiary/aromatic N) is 2. The van der Waals surface area contributed by atoms with Gasteiger partial charge in [0.25, 0.3) is 0 Å². The Balaban J connectivity index is 0.000000555. The molecule has 1 heterocycles. The van der Waals surface area contributed by atoms with Crippen molar-refractivity contribution < 1.29 is 17.5 Å². The number of aryl methyl sites for hydroxylation is 2. The van der Waals surface area contributed by atoms with Crippen molar-refractivity contribution in [1.82, 2.24) is 4.57 Å². The molecule has 1 aromatic rings. The van der Waals surface area contributed by atoms with E-state index in [1.807, 2.05) is 0 Å². The van der Waals surface area contributed by atoms with E-state index in [2.05, 4.69) is 41.8 Å². The zero-order valence-corrected chi connectivity index (χ0v) is 13.0. The molecule has 0 N–H and O–H groups in total. The van der Waals surface area contributed by atoms with Gasteiger partial charge in [0.1, 0.15) is 12.4 Å². The van der Waals surface area contributed by atoms with Gasteiger partial charge in [-0.2, -0.15) is 0 Å². The molecule has 0 amide bonds. The number of unbranched alkanes of at least 4 members (excludes halogenated alkanes) is 5. The second-order valence-corrected chi connectivity index (χ2v) is 6.20. The summed E-state index contributed by atoms with van der Waals surface area (Å²) in [6, 6.07) is 0. The molecule has 0 unspecified atom stereocenters. The fourth-order valence-corrected chi connectivity index (χ4v) is 1.71. The Morgan fingerprint density at radius 2 is 1.68 bits per heavy atom. The quantitative estimate of drug-likeness (QED) is 0.437. The molecule has 1 rings (SSSR count). The normalized spacial score (nSPS) is 10.9. The summed E-state index contributed by atoms with van der Waals surface area (Å²) < 4.78 is 31.6. The van der Waals surface area contributed by atoms with Gasteiger partial charge in [0.05, 0.1) is 23.7 Å². The fraction of sp³-hybridized carbons (Fsp3) is 0.769. The third-order valence-electron chi connectivity index (χ3n) is 2.59. The van der Waals surface area contributed by atoms with Gasteiger partial charge in [-0.3, -0.25) is 0 Å². The standard InChI is InChI=1S/C12H23N2.CH4O3S/c1-3-4-5-6-7-8-9-14-11-10-13(2)12-14;1-5(2,3)4/h10-12H,3-9H2,1-2H3;1H3,(H,2,3,4)/q+1;/p-1. The van der Waals surface area contributed by atoms with Gasteiger partial charge in [-0.25, -0.2) is 17.6 Å². The third-order valence-corrected chi connectivity index (χ3v) is 2.59. The molecule has 0 atom stereocenters. The lowest BCUT2D eigenvalue weighted by atomic mass is 10.1. The van der Waals surface area contributed by atoms with Crippen LogP contribution >= 0.6 is 0 Å². The Morgan fingerprint density at radius 3 is 2.16 bits per heavy atom. The molecule has 0 spiro atoms. The highest BCUT2D eigenvalue weighted by Gasteiger charge is 1.98. The third kappa shape index (κ3) is 15.1.